The molecular formula is C73H85F7N8O8S. The molecule has 520 valence electrons. The number of likely N-dealkylation sites (N-methyl/N-ethyl adjacent to an activating group) is 2. The second kappa shape index (κ2) is 32.3. The largest absolute Gasteiger partial charge is 0.446 e. The van der Waals surface area contributed by atoms with Gasteiger partial charge in [0.1, 0.15) is 30.9 Å². The third kappa shape index (κ3) is 18.5. The van der Waals surface area contributed by atoms with Gasteiger partial charge >= 0.3 is 18.4 Å². The van der Waals surface area contributed by atoms with Crippen LogP contribution in [0.25, 0.3) is 11.1 Å². The zero-order chi connectivity index (χ0) is 68.9. The van der Waals surface area contributed by atoms with Crippen molar-refractivity contribution in [3.63, 3.8) is 0 Å². The van der Waals surface area contributed by atoms with E-state index in [4.69, 9.17) is 14.2 Å². The Kier molecular flexibility index (Phi) is 24.0. The second-order valence-corrected chi connectivity index (χ2v) is 27.1. The zero-order valence-corrected chi connectivity index (χ0v) is 55.9. The van der Waals surface area contributed by atoms with Gasteiger partial charge in [0, 0.05) is 101 Å². The average molecular weight is 1370 g/mol. The Balaban J connectivity index is 0.598. The maximum absolute atomic E-state index is 14.2. The number of thiophene rings is 1. The van der Waals surface area contributed by atoms with E-state index in [1.54, 1.807) is 28.8 Å². The van der Waals surface area contributed by atoms with E-state index in [1.807, 2.05) is 85.9 Å². The van der Waals surface area contributed by atoms with E-state index in [0.717, 1.165) is 84.8 Å². The fourth-order valence-corrected chi connectivity index (χ4v) is 14.6. The number of unbranched alkanes of at least 4 members (excludes halogenated alkanes) is 2. The van der Waals surface area contributed by atoms with Crippen molar-refractivity contribution in [3.05, 3.63) is 182 Å². The predicted octanol–water partition coefficient (Wildman–Crippen LogP) is 12.7. The number of hydrogen-bond donors (Lipinski definition) is 2. The van der Waals surface area contributed by atoms with Crippen LogP contribution in [0.1, 0.15) is 117 Å². The minimum atomic E-state index is -5.15. The molecule has 6 aromatic rings. The molecule has 0 unspecified atom stereocenters. The Labute approximate surface area is 566 Å². The molecule has 5 amide bonds. The summed E-state index contributed by atoms with van der Waals surface area (Å²) in [6.45, 7) is 6.07. The number of nitrogens with zero attached hydrogens (tertiary/aromatic N) is 6. The number of rotatable bonds is 27. The number of hydrogen-bond acceptors (Lipinski definition) is 12. The van der Waals surface area contributed by atoms with Crippen molar-refractivity contribution in [1.82, 2.24) is 34.7 Å². The van der Waals surface area contributed by atoms with Crippen LogP contribution in [0, 0.1) is 5.82 Å². The van der Waals surface area contributed by atoms with Crippen LogP contribution >= 0.6 is 11.3 Å². The van der Waals surface area contributed by atoms with E-state index < -0.39 is 64.6 Å². The van der Waals surface area contributed by atoms with Gasteiger partial charge < -0.3 is 48.9 Å². The maximum Gasteiger partial charge on any atom is 0.416 e. The highest BCUT2D eigenvalue weighted by molar-refractivity contribution is 7.14. The summed E-state index contributed by atoms with van der Waals surface area (Å²) in [7, 11) is 5.33. The molecule has 0 radical (unpaired) electrons. The van der Waals surface area contributed by atoms with Crippen LogP contribution in [0.3, 0.4) is 0 Å². The molecule has 5 aromatic carbocycles. The summed E-state index contributed by atoms with van der Waals surface area (Å²) in [5, 5.41) is 6.40. The molecule has 2 atom stereocenters. The Morgan fingerprint density at radius 2 is 1.35 bits per heavy atom. The summed E-state index contributed by atoms with van der Waals surface area (Å²) < 4.78 is 116. The highest BCUT2D eigenvalue weighted by Crippen LogP contribution is 2.49. The van der Waals surface area contributed by atoms with Crippen LogP contribution in [0.4, 0.5) is 41.2 Å². The fourth-order valence-electron chi connectivity index (χ4n) is 13.6. The van der Waals surface area contributed by atoms with Gasteiger partial charge in [-0.25, -0.2) is 9.18 Å². The van der Waals surface area contributed by atoms with Crippen molar-refractivity contribution < 1.29 is 68.9 Å². The van der Waals surface area contributed by atoms with Crippen LogP contribution in [0.5, 0.6) is 0 Å². The molecule has 1 aromatic heterocycles. The number of para-hydroxylation sites is 1. The molecule has 1 spiro atoms. The molecule has 3 saturated heterocycles. The first-order valence-electron chi connectivity index (χ1n) is 33.3. The molecule has 1 aliphatic carbocycles. The van der Waals surface area contributed by atoms with Crippen LogP contribution < -0.4 is 10.6 Å². The summed E-state index contributed by atoms with van der Waals surface area (Å²) in [5.41, 5.74) is -0.222. The quantitative estimate of drug-likeness (QED) is 0.0374. The number of alkyl halides is 6. The standard InChI is InChI=1S/C73H85F7N8O8S/c1-83(34-14-35-85(3)68(92)63-27-26-59(97-63)47-81-33-13-5-8-21-65(89)84(2)41-42-86-36-28-58(29-37-86)96-69(93)82-62-20-12-10-18-60(62)51-15-6-4-7-16-51)66(90)48-94-64-45-52-17-9-11-19-61(52)70(64)30-38-87(39-31-70)40-32-71(54-22-24-57(74)25-23-54)49-88(50-95-71)67(91)53-43-55(72(75,76)77)46-56(44-53)73(78,79)80/h4,6-7,9-12,15-20,22-27,43-44,46,58,64,81H,5,8,13-14,21,28-42,45,47-50H2,1-3H3,(H,82,93)/t64-,71-/m0/s1. The fraction of sp³-hybridized carbons (Fsp3) is 0.466. The van der Waals surface area contributed by atoms with Crippen LogP contribution in [0.2, 0.25) is 0 Å². The number of fused-ring (bicyclic) bond motifs is 2. The monoisotopic (exact) mass is 1370 g/mol. The minimum Gasteiger partial charge on any atom is -0.446 e. The molecule has 4 heterocycles. The summed E-state index contributed by atoms with van der Waals surface area (Å²) in [5.74, 6) is -1.76. The van der Waals surface area contributed by atoms with Crippen molar-refractivity contribution in [2.24, 2.45) is 0 Å². The Bertz CT molecular complexity index is 3620. The molecule has 16 nitrogen and oxygen atoms in total. The number of carbonyl (C=O) groups is 5. The lowest BCUT2D eigenvalue weighted by atomic mass is 9.72. The number of anilines is 1. The number of benzene rings is 5. The third-order valence-corrected chi connectivity index (χ3v) is 20.5. The van der Waals surface area contributed by atoms with Crippen LogP contribution in [-0.4, -0.2) is 178 Å². The lowest BCUT2D eigenvalue weighted by molar-refractivity contribution is -0.143. The molecule has 4 aliphatic rings. The minimum absolute atomic E-state index is 0.0276. The average Bonchev–Trinajstić information content (AvgIpc) is 1.62. The highest BCUT2D eigenvalue weighted by atomic mass is 32.1. The molecule has 97 heavy (non-hydrogen) atoms. The number of carbonyl (C=O) groups excluding carboxylic acids is 5. The van der Waals surface area contributed by atoms with Crippen LogP contribution in [-0.2, 0) is 60.1 Å². The number of halogens is 7. The molecular weight excluding hydrogens is 1280 g/mol. The molecule has 3 aliphatic heterocycles. The van der Waals surface area contributed by atoms with Gasteiger partial charge in [0.2, 0.25) is 11.8 Å². The molecule has 2 N–H and O–H groups in total. The first-order valence-corrected chi connectivity index (χ1v) is 34.1. The van der Waals surface area contributed by atoms with Crippen molar-refractivity contribution in [3.8, 4) is 11.1 Å². The van der Waals surface area contributed by atoms with Crippen molar-refractivity contribution in [2.75, 3.05) is 112 Å². The van der Waals surface area contributed by atoms with E-state index in [9.17, 15) is 54.7 Å². The Morgan fingerprint density at radius 3 is 2.07 bits per heavy atom. The van der Waals surface area contributed by atoms with Crippen molar-refractivity contribution in [2.45, 2.75) is 113 Å². The molecule has 3 fully saturated rings. The summed E-state index contributed by atoms with van der Waals surface area (Å²) in [6.07, 6.45) is -3.88. The first kappa shape index (κ1) is 72.0. The van der Waals surface area contributed by atoms with Gasteiger partial charge in [-0.1, -0.05) is 91.3 Å². The van der Waals surface area contributed by atoms with E-state index >= 15 is 0 Å². The van der Waals surface area contributed by atoms with Crippen molar-refractivity contribution >= 4 is 46.7 Å². The number of amides is 5. The molecule has 10 rings (SSSR count). The van der Waals surface area contributed by atoms with Gasteiger partial charge in [0.05, 0.1) is 34.3 Å². The number of likely N-dealkylation sites (tertiary alicyclic amines) is 2. The summed E-state index contributed by atoms with van der Waals surface area (Å²) in [6, 6.07) is 35.8. The first-order chi connectivity index (χ1) is 46.5. The Hall–Kier alpha value is -7.74. The van der Waals surface area contributed by atoms with Gasteiger partial charge in [0.15, 0.2) is 0 Å². The summed E-state index contributed by atoms with van der Waals surface area (Å²) in [4.78, 5) is 79.1. The second-order valence-electron chi connectivity index (χ2n) is 25.9. The van der Waals surface area contributed by atoms with E-state index in [-0.39, 0.29) is 55.6 Å². The summed E-state index contributed by atoms with van der Waals surface area (Å²) >= 11 is 1.45. The predicted molar refractivity (Wildman–Crippen MR) is 356 cm³/mol. The van der Waals surface area contributed by atoms with Gasteiger partial charge in [-0.05, 0) is 148 Å². The van der Waals surface area contributed by atoms with Gasteiger partial charge in [-0.15, -0.1) is 11.3 Å². The molecule has 0 bridgehead atoms. The normalized spacial score (nSPS) is 18.2. The zero-order valence-electron chi connectivity index (χ0n) is 55.0. The van der Waals surface area contributed by atoms with E-state index in [1.165, 1.54) is 41.2 Å². The van der Waals surface area contributed by atoms with Gasteiger partial charge in [-0.2, -0.15) is 26.3 Å². The van der Waals surface area contributed by atoms with E-state index in [0.29, 0.717) is 106 Å². The SMILES string of the molecule is CN(CCN1CCC(OC(=O)Nc2ccccc2-c2ccccc2)CC1)C(=O)CCCCCNCc1ccc(C(=O)N(C)CCCN(C)C(=O)CO[C@H]2Cc3ccccc3C23CCN(CC[C@@]2(c4ccc(F)cc4)CN(C(=O)c4cc(C(F)(F)F)cc(C(F)(F)F)c4)CO2)CC3)s1. The number of ether oxygens (including phenoxy) is 3. The Morgan fingerprint density at radius 1 is 0.691 bits per heavy atom. The van der Waals surface area contributed by atoms with Gasteiger partial charge in [0.25, 0.3) is 11.8 Å². The number of piperidine rings is 2. The number of nitrogens with one attached hydrogen (secondary N) is 2. The third-order valence-electron chi connectivity index (χ3n) is 19.4. The van der Waals surface area contributed by atoms with Crippen LogP contribution in [0.15, 0.2) is 133 Å². The smallest absolute Gasteiger partial charge is 0.416 e. The van der Waals surface area contributed by atoms with E-state index in [2.05, 4.69) is 32.6 Å². The van der Waals surface area contributed by atoms with Gasteiger partial charge in [-0.3, -0.25) is 24.5 Å². The van der Waals surface area contributed by atoms with Crippen molar-refractivity contribution in [1.29, 1.82) is 0 Å². The molecule has 0 saturated carbocycles. The highest BCUT2D eigenvalue weighted by Gasteiger charge is 2.50. The maximum atomic E-state index is 14.2. The molecule has 24 heteroatoms. The lowest BCUT2D eigenvalue weighted by Gasteiger charge is -2.44. The lowest BCUT2D eigenvalue weighted by Crippen LogP contribution is -2.50. The topological polar surface area (TPSA) is 157 Å².